The van der Waals surface area contributed by atoms with E-state index in [4.69, 9.17) is 0 Å². The van der Waals surface area contributed by atoms with E-state index in [1.807, 2.05) is 24.3 Å². The fraction of sp³-hybridized carbons (Fsp3) is 0.118. The maximum absolute atomic E-state index is 9.49. The summed E-state index contributed by atoms with van der Waals surface area (Å²) in [6.45, 7) is 2.16. The van der Waals surface area contributed by atoms with Crippen molar-refractivity contribution in [2.75, 3.05) is 0 Å². The molecule has 1 heterocycles. The molecule has 0 bridgehead atoms. The molecule has 0 aliphatic rings. The maximum atomic E-state index is 9.49. The third-order valence-corrected chi connectivity index (χ3v) is 4.89. The number of rotatable bonds is 3. The molecule has 0 saturated carbocycles. The molecule has 0 spiro atoms. The van der Waals surface area contributed by atoms with Crippen molar-refractivity contribution < 1.29 is 5.11 Å². The van der Waals surface area contributed by atoms with Crippen LogP contribution in [0.2, 0.25) is 0 Å². The average molecular weight is 360 g/mol. The van der Waals surface area contributed by atoms with Crippen LogP contribution >= 0.6 is 27.3 Å². The van der Waals surface area contributed by atoms with E-state index < -0.39 is 0 Å². The van der Waals surface area contributed by atoms with E-state index in [9.17, 15) is 5.11 Å². The fourth-order valence-corrected chi connectivity index (χ4v) is 3.40. The third-order valence-electron chi connectivity index (χ3n) is 3.27. The van der Waals surface area contributed by atoms with Gasteiger partial charge in [0.1, 0.15) is 10.8 Å². The molecule has 0 aliphatic carbocycles. The molecule has 0 unspecified atom stereocenters. The molecule has 4 heteroatoms. The molecule has 106 valence electrons. The molecule has 21 heavy (non-hydrogen) atoms. The van der Waals surface area contributed by atoms with Gasteiger partial charge < -0.3 is 5.11 Å². The summed E-state index contributed by atoms with van der Waals surface area (Å²) in [7, 11) is 0. The van der Waals surface area contributed by atoms with Gasteiger partial charge in [-0.3, -0.25) is 0 Å². The summed E-state index contributed by atoms with van der Waals surface area (Å²) in [6.07, 6.45) is 5.05. The number of fused-ring (bicyclic) bond motifs is 1. The minimum atomic E-state index is 0.249. The quantitative estimate of drug-likeness (QED) is 0.669. The van der Waals surface area contributed by atoms with Crippen molar-refractivity contribution in [2.24, 2.45) is 0 Å². The number of aromatic nitrogens is 1. The summed E-state index contributed by atoms with van der Waals surface area (Å²) in [6, 6.07) is 11.9. The standard InChI is InChI=1S/C17H14BrNOS/c1-2-11-3-6-14-16(10-11)21-17(19-14)8-5-12-4-7-15(20)13(18)9-12/h3-10,20H,2H2,1H3/b8-5+. The number of aromatic hydroxyl groups is 1. The van der Waals surface area contributed by atoms with Crippen molar-refractivity contribution in [2.45, 2.75) is 13.3 Å². The molecule has 1 aromatic heterocycles. The topological polar surface area (TPSA) is 33.1 Å². The molecule has 3 aromatic rings. The smallest absolute Gasteiger partial charge is 0.129 e. The summed E-state index contributed by atoms with van der Waals surface area (Å²) in [5, 5.41) is 10.5. The molecule has 0 radical (unpaired) electrons. The van der Waals surface area contributed by atoms with E-state index in [2.05, 4.69) is 46.0 Å². The van der Waals surface area contributed by atoms with E-state index >= 15 is 0 Å². The van der Waals surface area contributed by atoms with Crippen LogP contribution in [0.1, 0.15) is 23.1 Å². The highest BCUT2D eigenvalue weighted by Gasteiger charge is 2.02. The Bertz CT molecular complexity index is 823. The Balaban J connectivity index is 1.90. The van der Waals surface area contributed by atoms with E-state index in [1.54, 1.807) is 17.4 Å². The Morgan fingerprint density at radius 2 is 2.05 bits per heavy atom. The summed E-state index contributed by atoms with van der Waals surface area (Å²) < 4.78 is 1.92. The van der Waals surface area contributed by atoms with Crippen LogP contribution in [0, 0.1) is 0 Å². The monoisotopic (exact) mass is 359 g/mol. The van der Waals surface area contributed by atoms with Gasteiger partial charge in [0.15, 0.2) is 0 Å². The summed E-state index contributed by atoms with van der Waals surface area (Å²) in [4.78, 5) is 4.61. The lowest BCUT2D eigenvalue weighted by molar-refractivity contribution is 0.472. The normalized spacial score (nSPS) is 11.5. The number of phenolic OH excluding ortho intramolecular Hbond substituents is 1. The van der Waals surface area contributed by atoms with E-state index in [0.717, 1.165) is 22.5 Å². The SMILES string of the molecule is CCc1ccc2nc(/C=C/c3ccc(O)c(Br)c3)sc2c1. The molecular formula is C17H14BrNOS. The second kappa shape index (κ2) is 6.00. The molecule has 0 saturated heterocycles. The number of halogens is 1. The first-order valence-corrected chi connectivity index (χ1v) is 8.32. The lowest BCUT2D eigenvalue weighted by atomic mass is 10.2. The largest absolute Gasteiger partial charge is 0.507 e. The zero-order chi connectivity index (χ0) is 14.8. The van der Waals surface area contributed by atoms with Crippen molar-refractivity contribution in [3.63, 3.8) is 0 Å². The van der Waals surface area contributed by atoms with Gasteiger partial charge in [0.25, 0.3) is 0 Å². The number of thiazole rings is 1. The number of nitrogens with zero attached hydrogens (tertiary/aromatic N) is 1. The second-order valence-corrected chi connectivity index (χ2v) is 6.67. The average Bonchev–Trinajstić information content (AvgIpc) is 2.90. The van der Waals surface area contributed by atoms with E-state index in [1.165, 1.54) is 10.3 Å². The molecule has 3 rings (SSSR count). The molecule has 2 nitrogen and oxygen atoms in total. The maximum Gasteiger partial charge on any atom is 0.129 e. The number of phenols is 1. The zero-order valence-corrected chi connectivity index (χ0v) is 13.9. The lowest BCUT2D eigenvalue weighted by Crippen LogP contribution is -1.77. The zero-order valence-electron chi connectivity index (χ0n) is 11.5. The predicted octanol–water partition coefficient (Wildman–Crippen LogP) is 5.50. The highest BCUT2D eigenvalue weighted by atomic mass is 79.9. The van der Waals surface area contributed by atoms with Gasteiger partial charge in [0.2, 0.25) is 0 Å². The van der Waals surface area contributed by atoms with Gasteiger partial charge in [0.05, 0.1) is 14.7 Å². The van der Waals surface area contributed by atoms with Crippen LogP contribution in [-0.2, 0) is 6.42 Å². The van der Waals surface area contributed by atoms with E-state index in [-0.39, 0.29) is 5.75 Å². The third kappa shape index (κ3) is 3.17. The first-order valence-electron chi connectivity index (χ1n) is 6.72. The minimum absolute atomic E-state index is 0.249. The van der Waals surface area contributed by atoms with Crippen molar-refractivity contribution in [1.82, 2.24) is 4.98 Å². The minimum Gasteiger partial charge on any atom is -0.507 e. The Morgan fingerprint density at radius 1 is 1.19 bits per heavy atom. The number of aryl methyl sites for hydroxylation is 1. The van der Waals surface area contributed by atoms with Crippen LogP contribution < -0.4 is 0 Å². The first kappa shape index (κ1) is 14.3. The molecule has 0 aliphatic heterocycles. The fourth-order valence-electron chi connectivity index (χ4n) is 2.07. The summed E-state index contributed by atoms with van der Waals surface area (Å²) in [5.41, 5.74) is 3.40. The highest BCUT2D eigenvalue weighted by Crippen LogP contribution is 2.27. The van der Waals surface area contributed by atoms with Gasteiger partial charge in [-0.1, -0.05) is 25.1 Å². The highest BCUT2D eigenvalue weighted by molar-refractivity contribution is 9.10. The Morgan fingerprint density at radius 3 is 2.81 bits per heavy atom. The molecule has 0 fully saturated rings. The number of hydrogen-bond acceptors (Lipinski definition) is 3. The number of hydrogen-bond donors (Lipinski definition) is 1. The van der Waals surface area contributed by atoms with Crippen LogP contribution in [0.3, 0.4) is 0 Å². The molecule has 0 atom stereocenters. The van der Waals surface area contributed by atoms with Crippen molar-refractivity contribution >= 4 is 49.6 Å². The van der Waals surface area contributed by atoms with Crippen LogP contribution in [0.5, 0.6) is 5.75 Å². The second-order valence-electron chi connectivity index (χ2n) is 4.75. The van der Waals surface area contributed by atoms with Crippen LogP contribution in [-0.4, -0.2) is 10.1 Å². The lowest BCUT2D eigenvalue weighted by Gasteiger charge is -1.97. The van der Waals surface area contributed by atoms with Gasteiger partial charge in [-0.25, -0.2) is 4.98 Å². The summed E-state index contributed by atoms with van der Waals surface area (Å²) >= 11 is 5.01. The van der Waals surface area contributed by atoms with Crippen molar-refractivity contribution in [3.05, 3.63) is 57.0 Å². The molecule has 2 aromatic carbocycles. The van der Waals surface area contributed by atoms with Gasteiger partial charge in [-0.2, -0.15) is 0 Å². The van der Waals surface area contributed by atoms with Crippen LogP contribution in [0.25, 0.3) is 22.4 Å². The van der Waals surface area contributed by atoms with Gasteiger partial charge in [-0.15, -0.1) is 11.3 Å². The van der Waals surface area contributed by atoms with E-state index in [0.29, 0.717) is 4.47 Å². The van der Waals surface area contributed by atoms with Crippen molar-refractivity contribution in [1.29, 1.82) is 0 Å². The molecule has 1 N–H and O–H groups in total. The van der Waals surface area contributed by atoms with Gasteiger partial charge in [0, 0.05) is 0 Å². The predicted molar refractivity (Wildman–Crippen MR) is 93.7 cm³/mol. The number of benzene rings is 2. The molecular weight excluding hydrogens is 346 g/mol. The summed E-state index contributed by atoms with van der Waals surface area (Å²) in [5.74, 6) is 0.249. The van der Waals surface area contributed by atoms with Crippen LogP contribution in [0.15, 0.2) is 40.9 Å². The van der Waals surface area contributed by atoms with Crippen LogP contribution in [0.4, 0.5) is 0 Å². The Kier molecular flexibility index (Phi) is 4.08. The van der Waals surface area contributed by atoms with Crippen molar-refractivity contribution in [3.8, 4) is 5.75 Å². The first-order chi connectivity index (χ1) is 10.2. The Hall–Kier alpha value is -1.65. The van der Waals surface area contributed by atoms with Gasteiger partial charge >= 0.3 is 0 Å². The molecule has 0 amide bonds. The van der Waals surface area contributed by atoms with Gasteiger partial charge in [-0.05, 0) is 63.8 Å². The Labute approximate surface area is 135 Å².